The number of hydrogen-bond donors (Lipinski definition) is 1. The molecule has 2 aromatic carbocycles. The molecule has 0 amide bonds. The zero-order valence-corrected chi connectivity index (χ0v) is 13.2. The van der Waals surface area contributed by atoms with Crippen LogP contribution in [0.2, 0.25) is 5.02 Å². The number of fused-ring (bicyclic) bond motifs is 1. The molecular weight excluding hydrogens is 282 g/mol. The molecule has 0 aliphatic heterocycles. The fourth-order valence-corrected chi connectivity index (χ4v) is 2.84. The van der Waals surface area contributed by atoms with E-state index in [1.807, 2.05) is 19.2 Å². The Morgan fingerprint density at radius 1 is 1.10 bits per heavy atom. The lowest BCUT2D eigenvalue weighted by Gasteiger charge is -2.13. The third kappa shape index (κ3) is 2.69. The first-order valence-corrected chi connectivity index (χ1v) is 7.43. The zero-order chi connectivity index (χ0) is 15.0. The van der Waals surface area contributed by atoms with Crippen molar-refractivity contribution >= 4 is 22.6 Å². The lowest BCUT2D eigenvalue weighted by atomic mass is 10.0. The number of halogens is 1. The van der Waals surface area contributed by atoms with Gasteiger partial charge in [-0.15, -0.1) is 0 Å². The van der Waals surface area contributed by atoms with Gasteiger partial charge in [-0.3, -0.25) is 0 Å². The molecule has 1 aromatic heterocycles. The van der Waals surface area contributed by atoms with Crippen molar-refractivity contribution in [3.63, 3.8) is 0 Å². The number of nitrogens with one attached hydrogen (secondary N) is 1. The van der Waals surface area contributed by atoms with Crippen LogP contribution in [0.5, 0.6) is 0 Å². The van der Waals surface area contributed by atoms with E-state index >= 15 is 0 Å². The summed E-state index contributed by atoms with van der Waals surface area (Å²) in [6.07, 6.45) is 0. The second kappa shape index (κ2) is 5.55. The smallest absolute Gasteiger partial charge is 0.135 e. The first-order valence-electron chi connectivity index (χ1n) is 7.06. The molecule has 21 heavy (non-hydrogen) atoms. The summed E-state index contributed by atoms with van der Waals surface area (Å²) in [6.45, 7) is 4.17. The summed E-state index contributed by atoms with van der Waals surface area (Å²) in [5.74, 6) is 0.848. The Hall–Kier alpha value is -1.77. The van der Waals surface area contributed by atoms with Gasteiger partial charge in [-0.2, -0.15) is 0 Å². The van der Waals surface area contributed by atoms with Crippen LogP contribution in [0.4, 0.5) is 0 Å². The Labute approximate surface area is 129 Å². The molecule has 1 N–H and O–H groups in total. The highest BCUT2D eigenvalue weighted by atomic mass is 35.5. The van der Waals surface area contributed by atoms with E-state index in [0.29, 0.717) is 0 Å². The van der Waals surface area contributed by atoms with Gasteiger partial charge in [-0.05, 0) is 50.7 Å². The van der Waals surface area contributed by atoms with Crippen LogP contribution in [0.25, 0.3) is 22.3 Å². The number of furan rings is 1. The fourth-order valence-electron chi connectivity index (χ4n) is 2.49. The van der Waals surface area contributed by atoms with E-state index in [9.17, 15) is 0 Å². The average Bonchev–Trinajstić information content (AvgIpc) is 2.89. The molecule has 1 unspecified atom stereocenters. The van der Waals surface area contributed by atoms with Gasteiger partial charge in [-0.1, -0.05) is 35.4 Å². The zero-order valence-electron chi connectivity index (χ0n) is 12.4. The maximum Gasteiger partial charge on any atom is 0.135 e. The summed E-state index contributed by atoms with van der Waals surface area (Å²) in [4.78, 5) is 0. The van der Waals surface area contributed by atoms with Crippen molar-refractivity contribution in [2.45, 2.75) is 19.9 Å². The minimum atomic E-state index is 0.227. The SMILES string of the molecule is CNC(C)c1ccc(-c2cc3cc(C)ccc3o2)cc1Cl. The Morgan fingerprint density at radius 2 is 1.90 bits per heavy atom. The van der Waals surface area contributed by atoms with Crippen molar-refractivity contribution in [3.8, 4) is 11.3 Å². The van der Waals surface area contributed by atoms with E-state index in [0.717, 1.165) is 32.9 Å². The van der Waals surface area contributed by atoms with Crippen molar-refractivity contribution in [2.24, 2.45) is 0 Å². The maximum absolute atomic E-state index is 6.40. The van der Waals surface area contributed by atoms with Crippen LogP contribution in [0, 0.1) is 6.92 Å². The van der Waals surface area contributed by atoms with Gasteiger partial charge >= 0.3 is 0 Å². The second-order valence-electron chi connectivity index (χ2n) is 5.40. The molecule has 0 spiro atoms. The monoisotopic (exact) mass is 299 g/mol. The molecule has 2 nitrogen and oxygen atoms in total. The Kier molecular flexibility index (Phi) is 3.75. The molecule has 3 heteroatoms. The molecule has 0 fully saturated rings. The van der Waals surface area contributed by atoms with Crippen molar-refractivity contribution in [3.05, 3.63) is 58.6 Å². The van der Waals surface area contributed by atoms with E-state index in [1.54, 1.807) is 0 Å². The number of hydrogen-bond acceptors (Lipinski definition) is 2. The molecule has 108 valence electrons. The number of aryl methyl sites for hydroxylation is 1. The van der Waals surface area contributed by atoms with Gasteiger partial charge in [0.15, 0.2) is 0 Å². The van der Waals surface area contributed by atoms with Gasteiger partial charge in [0.2, 0.25) is 0 Å². The van der Waals surface area contributed by atoms with Gasteiger partial charge in [0.1, 0.15) is 11.3 Å². The average molecular weight is 300 g/mol. The number of benzene rings is 2. The summed E-state index contributed by atoms with van der Waals surface area (Å²) in [7, 11) is 1.93. The van der Waals surface area contributed by atoms with E-state index in [1.165, 1.54) is 5.56 Å². The topological polar surface area (TPSA) is 25.2 Å². The van der Waals surface area contributed by atoms with Crippen molar-refractivity contribution in [2.75, 3.05) is 7.05 Å². The Balaban J connectivity index is 2.04. The molecule has 1 atom stereocenters. The predicted octanol–water partition coefficient (Wildman–Crippen LogP) is 5.34. The van der Waals surface area contributed by atoms with E-state index in [2.05, 4.69) is 49.5 Å². The molecule has 3 rings (SSSR count). The Bertz CT molecular complexity index is 791. The standard InChI is InChI=1S/C18H18ClNO/c1-11-4-7-17-14(8-11)10-18(21-17)13-5-6-15(12(2)20-3)16(19)9-13/h4-10,12,20H,1-3H3. The molecule has 0 aliphatic carbocycles. The molecule has 0 saturated carbocycles. The third-order valence-corrected chi connectivity index (χ3v) is 4.18. The van der Waals surface area contributed by atoms with E-state index in [-0.39, 0.29) is 6.04 Å². The van der Waals surface area contributed by atoms with Crippen LogP contribution in [0.3, 0.4) is 0 Å². The van der Waals surface area contributed by atoms with Crippen LogP contribution >= 0.6 is 11.6 Å². The first-order chi connectivity index (χ1) is 10.1. The Morgan fingerprint density at radius 3 is 2.62 bits per heavy atom. The molecular formula is C18H18ClNO. The van der Waals surface area contributed by atoms with E-state index in [4.69, 9.17) is 16.0 Å². The summed E-state index contributed by atoms with van der Waals surface area (Å²) in [5, 5.41) is 5.08. The van der Waals surface area contributed by atoms with Gasteiger partial charge < -0.3 is 9.73 Å². The fraction of sp³-hybridized carbons (Fsp3) is 0.222. The number of rotatable bonds is 3. The molecule has 0 radical (unpaired) electrons. The molecule has 0 saturated heterocycles. The normalized spacial score (nSPS) is 12.8. The van der Waals surface area contributed by atoms with Crippen LogP contribution in [-0.4, -0.2) is 7.05 Å². The lowest BCUT2D eigenvalue weighted by Crippen LogP contribution is -2.12. The van der Waals surface area contributed by atoms with Crippen LogP contribution < -0.4 is 5.32 Å². The van der Waals surface area contributed by atoms with Gasteiger partial charge in [0.05, 0.1) is 0 Å². The molecule has 3 aromatic rings. The molecule has 1 heterocycles. The molecule has 0 aliphatic rings. The third-order valence-electron chi connectivity index (χ3n) is 3.86. The summed E-state index contributed by atoms with van der Waals surface area (Å²) in [5.41, 5.74) is 4.22. The van der Waals surface area contributed by atoms with E-state index < -0.39 is 0 Å². The summed E-state index contributed by atoms with van der Waals surface area (Å²) in [6, 6.07) is 14.6. The minimum Gasteiger partial charge on any atom is -0.456 e. The first kappa shape index (κ1) is 14.2. The highest BCUT2D eigenvalue weighted by Crippen LogP contribution is 2.32. The van der Waals surface area contributed by atoms with Gasteiger partial charge in [-0.25, -0.2) is 0 Å². The largest absolute Gasteiger partial charge is 0.456 e. The molecule has 0 bridgehead atoms. The summed E-state index contributed by atoms with van der Waals surface area (Å²) >= 11 is 6.40. The summed E-state index contributed by atoms with van der Waals surface area (Å²) < 4.78 is 5.92. The second-order valence-corrected chi connectivity index (χ2v) is 5.81. The van der Waals surface area contributed by atoms with Gasteiger partial charge in [0.25, 0.3) is 0 Å². The van der Waals surface area contributed by atoms with Crippen molar-refractivity contribution < 1.29 is 4.42 Å². The van der Waals surface area contributed by atoms with Crippen LogP contribution in [0.1, 0.15) is 24.1 Å². The van der Waals surface area contributed by atoms with Crippen LogP contribution in [0.15, 0.2) is 46.9 Å². The predicted molar refractivity (Wildman–Crippen MR) is 88.9 cm³/mol. The van der Waals surface area contributed by atoms with Crippen LogP contribution in [-0.2, 0) is 0 Å². The van der Waals surface area contributed by atoms with Gasteiger partial charge in [0, 0.05) is 22.0 Å². The maximum atomic E-state index is 6.40. The lowest BCUT2D eigenvalue weighted by molar-refractivity contribution is 0.630. The minimum absolute atomic E-state index is 0.227. The quantitative estimate of drug-likeness (QED) is 0.706. The highest BCUT2D eigenvalue weighted by Gasteiger charge is 2.11. The van der Waals surface area contributed by atoms with Crippen molar-refractivity contribution in [1.82, 2.24) is 5.32 Å². The highest BCUT2D eigenvalue weighted by molar-refractivity contribution is 6.31. The van der Waals surface area contributed by atoms with Crippen molar-refractivity contribution in [1.29, 1.82) is 0 Å².